The summed E-state index contributed by atoms with van der Waals surface area (Å²) in [5.41, 5.74) is -12.8. The molecule has 1 saturated carbocycles. The van der Waals surface area contributed by atoms with E-state index >= 15 is 0 Å². The summed E-state index contributed by atoms with van der Waals surface area (Å²) >= 11 is 0. The van der Waals surface area contributed by atoms with Crippen LogP contribution in [0.4, 0.5) is 52.7 Å². The highest BCUT2D eigenvalue weighted by atomic mass is 19.4. The van der Waals surface area contributed by atoms with Crippen molar-refractivity contribution in [2.45, 2.75) is 81.9 Å². The average Bonchev–Trinajstić information content (AvgIpc) is 2.67. The largest absolute Gasteiger partial charge is 0.439 e. The molecule has 0 bridgehead atoms. The fourth-order valence-corrected chi connectivity index (χ4v) is 3.95. The Balaban J connectivity index is 3.48. The molecule has 1 rings (SSSR count). The molecule has 0 aromatic carbocycles. The minimum Gasteiger partial charge on any atom is -0.439 e. The first-order valence-electron chi connectivity index (χ1n) is 9.79. The Morgan fingerprint density at radius 3 is 1.38 bits per heavy atom. The second-order valence-electron chi connectivity index (χ2n) is 8.50. The van der Waals surface area contributed by atoms with E-state index in [2.05, 4.69) is 4.74 Å². The SMILES string of the molecule is CCC(C)(CO)C(=O)OC(C1CCC(C(O)(C(F)(F)F)C(F)(F)F)CC1)(C(F)(F)F)C(F)(F)F. The van der Waals surface area contributed by atoms with Gasteiger partial charge in [0.15, 0.2) is 0 Å². The van der Waals surface area contributed by atoms with Gasteiger partial charge in [0.25, 0.3) is 5.60 Å². The van der Waals surface area contributed by atoms with Crippen LogP contribution in [-0.4, -0.2) is 58.7 Å². The highest BCUT2D eigenvalue weighted by Gasteiger charge is 2.79. The molecular weight excluding hydrogens is 508 g/mol. The van der Waals surface area contributed by atoms with Crippen molar-refractivity contribution in [3.63, 3.8) is 0 Å². The van der Waals surface area contributed by atoms with Gasteiger partial charge in [0.1, 0.15) is 0 Å². The summed E-state index contributed by atoms with van der Waals surface area (Å²) in [6, 6.07) is 0. The minimum atomic E-state index is -6.37. The van der Waals surface area contributed by atoms with Gasteiger partial charge >= 0.3 is 36.3 Å². The van der Waals surface area contributed by atoms with Gasteiger partial charge in [-0.25, -0.2) is 0 Å². The third kappa shape index (κ3) is 4.93. The molecule has 0 aromatic rings. The number of rotatable bonds is 6. The van der Waals surface area contributed by atoms with Crippen LogP contribution >= 0.6 is 0 Å². The highest BCUT2D eigenvalue weighted by Crippen LogP contribution is 2.58. The zero-order valence-corrected chi connectivity index (χ0v) is 17.6. The van der Waals surface area contributed by atoms with Gasteiger partial charge in [-0.3, -0.25) is 4.79 Å². The first-order chi connectivity index (χ1) is 15.0. The second-order valence-corrected chi connectivity index (χ2v) is 8.50. The number of carbonyl (C=O) groups excluding carboxylic acids is 1. The molecule has 202 valence electrons. The molecule has 0 aromatic heterocycles. The maximum atomic E-state index is 13.9. The number of aliphatic hydroxyl groups excluding tert-OH is 1. The number of carbonyl (C=O) groups is 1. The molecule has 0 saturated heterocycles. The Bertz CT molecular complexity index is 682. The average molecular weight is 530 g/mol. The second kappa shape index (κ2) is 9.21. The van der Waals surface area contributed by atoms with Gasteiger partial charge in [0.2, 0.25) is 0 Å². The van der Waals surface area contributed by atoms with E-state index in [0.29, 0.717) is 0 Å². The lowest BCUT2D eigenvalue weighted by molar-refractivity contribution is -0.400. The normalized spacial score (nSPS) is 23.4. The maximum Gasteiger partial charge on any atom is 0.437 e. The van der Waals surface area contributed by atoms with E-state index in [4.69, 9.17) is 0 Å². The standard InChI is InChI=1S/C18H22F12O4/c1-3-12(2,8-31)11(32)34-14(17(25,26)27,18(28,29)30)10-6-4-9(5-7-10)13(33,15(19,20)21)16(22,23)24/h9-10,31,33H,3-8H2,1-2H3. The Morgan fingerprint density at radius 1 is 0.765 bits per heavy atom. The molecule has 0 amide bonds. The zero-order chi connectivity index (χ0) is 27.2. The summed E-state index contributed by atoms with van der Waals surface area (Å²) < 4.78 is 165. The van der Waals surface area contributed by atoms with E-state index in [1.807, 2.05) is 0 Å². The molecular formula is C18H22F12O4. The number of hydrogen-bond acceptors (Lipinski definition) is 4. The Kier molecular flexibility index (Phi) is 8.28. The molecule has 4 nitrogen and oxygen atoms in total. The van der Waals surface area contributed by atoms with E-state index in [1.165, 1.54) is 0 Å². The number of ether oxygens (including phenoxy) is 1. The van der Waals surface area contributed by atoms with Crippen LogP contribution in [0.1, 0.15) is 46.0 Å². The van der Waals surface area contributed by atoms with Gasteiger partial charge in [-0.15, -0.1) is 0 Å². The number of halogens is 12. The number of hydrogen-bond donors (Lipinski definition) is 2. The summed E-state index contributed by atoms with van der Waals surface area (Å²) in [6.07, 6.45) is -32.0. The van der Waals surface area contributed by atoms with Crippen LogP contribution in [0, 0.1) is 17.3 Å². The van der Waals surface area contributed by atoms with E-state index in [1.54, 1.807) is 0 Å². The summed E-state index contributed by atoms with van der Waals surface area (Å²) in [5, 5.41) is 18.7. The third-order valence-electron chi connectivity index (χ3n) is 6.48. The minimum absolute atomic E-state index is 0.453. The Morgan fingerprint density at radius 2 is 1.12 bits per heavy atom. The molecule has 0 spiro atoms. The van der Waals surface area contributed by atoms with Crippen molar-refractivity contribution in [2.24, 2.45) is 17.3 Å². The summed E-state index contributed by atoms with van der Waals surface area (Å²) in [5.74, 6) is -7.70. The Hall–Kier alpha value is -1.45. The molecule has 1 atom stereocenters. The van der Waals surface area contributed by atoms with Gasteiger partial charge < -0.3 is 14.9 Å². The van der Waals surface area contributed by atoms with E-state index in [9.17, 15) is 67.7 Å². The van der Waals surface area contributed by atoms with Crippen LogP contribution in [0.2, 0.25) is 0 Å². The fourth-order valence-electron chi connectivity index (χ4n) is 3.95. The highest BCUT2D eigenvalue weighted by molar-refractivity contribution is 5.77. The van der Waals surface area contributed by atoms with Gasteiger partial charge in [-0.2, -0.15) is 52.7 Å². The molecule has 1 aliphatic carbocycles. The molecule has 2 N–H and O–H groups in total. The van der Waals surface area contributed by atoms with Gasteiger partial charge in [0, 0.05) is 11.8 Å². The summed E-state index contributed by atoms with van der Waals surface area (Å²) in [6.45, 7) is 0.766. The lowest BCUT2D eigenvalue weighted by Crippen LogP contribution is -2.67. The molecule has 0 radical (unpaired) electrons. The first kappa shape index (κ1) is 30.6. The van der Waals surface area contributed by atoms with Crippen molar-refractivity contribution in [3.8, 4) is 0 Å². The number of esters is 1. The molecule has 16 heteroatoms. The van der Waals surface area contributed by atoms with Gasteiger partial charge in [-0.05, 0) is 39.0 Å². The van der Waals surface area contributed by atoms with Gasteiger partial charge in [0.05, 0.1) is 12.0 Å². The molecule has 1 aliphatic rings. The lowest BCUT2D eigenvalue weighted by atomic mass is 9.67. The van der Waals surface area contributed by atoms with Crippen LogP contribution in [0.3, 0.4) is 0 Å². The third-order valence-corrected chi connectivity index (χ3v) is 6.48. The van der Waals surface area contributed by atoms with Crippen molar-refractivity contribution in [1.82, 2.24) is 0 Å². The molecule has 0 heterocycles. The van der Waals surface area contributed by atoms with E-state index in [-0.39, 0.29) is 0 Å². The zero-order valence-electron chi connectivity index (χ0n) is 17.6. The molecule has 1 unspecified atom stereocenters. The van der Waals surface area contributed by atoms with Crippen LogP contribution in [0.5, 0.6) is 0 Å². The molecule has 34 heavy (non-hydrogen) atoms. The van der Waals surface area contributed by atoms with Crippen molar-refractivity contribution < 1.29 is 72.4 Å². The smallest absolute Gasteiger partial charge is 0.437 e. The van der Waals surface area contributed by atoms with E-state index < -0.39 is 97.8 Å². The van der Waals surface area contributed by atoms with E-state index in [0.717, 1.165) is 13.8 Å². The first-order valence-corrected chi connectivity index (χ1v) is 9.79. The summed E-state index contributed by atoms with van der Waals surface area (Å²) in [4.78, 5) is 12.2. The molecule has 0 aliphatic heterocycles. The van der Waals surface area contributed by atoms with Crippen LogP contribution < -0.4 is 0 Å². The monoisotopic (exact) mass is 530 g/mol. The summed E-state index contributed by atoms with van der Waals surface area (Å²) in [7, 11) is 0. The predicted octanol–water partition coefficient (Wildman–Crippen LogP) is 5.46. The number of alkyl halides is 12. The van der Waals surface area contributed by atoms with Crippen LogP contribution in [0.25, 0.3) is 0 Å². The van der Waals surface area contributed by atoms with Crippen molar-refractivity contribution in [2.75, 3.05) is 6.61 Å². The fraction of sp³-hybridized carbons (Fsp3) is 0.944. The van der Waals surface area contributed by atoms with Crippen molar-refractivity contribution in [1.29, 1.82) is 0 Å². The predicted molar refractivity (Wildman–Crippen MR) is 88.9 cm³/mol. The van der Waals surface area contributed by atoms with Crippen LogP contribution in [0.15, 0.2) is 0 Å². The van der Waals surface area contributed by atoms with Crippen molar-refractivity contribution in [3.05, 3.63) is 0 Å². The topological polar surface area (TPSA) is 66.8 Å². The molecule has 1 fully saturated rings. The van der Waals surface area contributed by atoms with Gasteiger partial charge in [-0.1, -0.05) is 6.92 Å². The van der Waals surface area contributed by atoms with Crippen LogP contribution in [-0.2, 0) is 9.53 Å². The maximum absolute atomic E-state index is 13.9. The number of aliphatic hydroxyl groups is 2. The quantitative estimate of drug-likeness (QED) is 0.354. The Labute approximate surface area is 185 Å². The van der Waals surface area contributed by atoms with Crippen molar-refractivity contribution >= 4 is 5.97 Å². The lowest BCUT2D eigenvalue weighted by Gasteiger charge is -2.47.